The molecular weight excluding hydrogens is 340 g/mol. The van der Waals surface area contributed by atoms with Gasteiger partial charge in [-0.05, 0) is 49.7 Å². The highest BCUT2D eigenvalue weighted by molar-refractivity contribution is 5.79. The molecule has 27 heavy (non-hydrogen) atoms. The zero-order valence-electron chi connectivity index (χ0n) is 15.6. The summed E-state index contributed by atoms with van der Waals surface area (Å²) in [5.41, 5.74) is 0.610. The Bertz CT molecular complexity index is 904. The van der Waals surface area contributed by atoms with Gasteiger partial charge in [-0.25, -0.2) is 4.98 Å². The van der Waals surface area contributed by atoms with Gasteiger partial charge in [-0.3, -0.25) is 14.0 Å². The average molecular weight is 366 g/mol. The van der Waals surface area contributed by atoms with Gasteiger partial charge in [0.15, 0.2) is 0 Å². The second-order valence-electron chi connectivity index (χ2n) is 8.34. The second-order valence-corrected chi connectivity index (χ2v) is 8.34. The van der Waals surface area contributed by atoms with Crippen molar-refractivity contribution in [2.24, 2.45) is 17.8 Å². The SMILES string of the molecule is O=C(C1CCN(c2cc(=O)n3ccccc3n2)CC1)N1CC2CCCC2C1. The Balaban J connectivity index is 1.25. The third kappa shape index (κ3) is 3.01. The number of hydrogen-bond acceptors (Lipinski definition) is 4. The van der Waals surface area contributed by atoms with Crippen molar-refractivity contribution >= 4 is 17.4 Å². The van der Waals surface area contributed by atoms with Crippen molar-refractivity contribution in [1.29, 1.82) is 0 Å². The first-order chi connectivity index (χ1) is 13.2. The van der Waals surface area contributed by atoms with Crippen LogP contribution in [0.2, 0.25) is 0 Å². The molecule has 0 bridgehead atoms. The fourth-order valence-electron chi connectivity index (χ4n) is 5.23. The maximum atomic E-state index is 12.9. The Hall–Kier alpha value is -2.37. The lowest BCUT2D eigenvalue weighted by molar-refractivity contribution is -0.135. The quantitative estimate of drug-likeness (QED) is 0.817. The van der Waals surface area contributed by atoms with E-state index in [1.54, 1.807) is 16.7 Å². The molecular formula is C21H26N4O2. The topological polar surface area (TPSA) is 57.9 Å². The minimum atomic E-state index is -0.0580. The highest BCUT2D eigenvalue weighted by atomic mass is 16.2. The minimum Gasteiger partial charge on any atom is -0.356 e. The fourth-order valence-corrected chi connectivity index (χ4v) is 5.23. The van der Waals surface area contributed by atoms with Gasteiger partial charge in [0.1, 0.15) is 11.5 Å². The van der Waals surface area contributed by atoms with Crippen LogP contribution < -0.4 is 10.5 Å². The highest BCUT2D eigenvalue weighted by Gasteiger charge is 2.40. The lowest BCUT2D eigenvalue weighted by Crippen LogP contribution is -2.42. The average Bonchev–Trinajstić information content (AvgIpc) is 3.30. The minimum absolute atomic E-state index is 0.0580. The molecule has 1 aliphatic carbocycles. The van der Waals surface area contributed by atoms with Crippen molar-refractivity contribution in [1.82, 2.24) is 14.3 Å². The summed E-state index contributed by atoms with van der Waals surface area (Å²) in [6.45, 7) is 3.53. The molecule has 6 nitrogen and oxygen atoms in total. The maximum absolute atomic E-state index is 12.9. The van der Waals surface area contributed by atoms with Gasteiger partial charge < -0.3 is 9.80 Å². The first kappa shape index (κ1) is 16.8. The van der Waals surface area contributed by atoms with E-state index in [1.165, 1.54) is 19.3 Å². The van der Waals surface area contributed by atoms with Gasteiger partial charge in [0.05, 0.1) is 0 Å². The summed E-state index contributed by atoms with van der Waals surface area (Å²) in [6, 6.07) is 7.18. The first-order valence-electron chi connectivity index (χ1n) is 10.2. The Morgan fingerprint density at radius 1 is 1.04 bits per heavy atom. The molecule has 2 atom stereocenters. The molecule has 2 aliphatic heterocycles. The summed E-state index contributed by atoms with van der Waals surface area (Å²) in [5.74, 6) is 2.72. The number of rotatable bonds is 2. The third-order valence-corrected chi connectivity index (χ3v) is 6.76. The number of anilines is 1. The van der Waals surface area contributed by atoms with E-state index in [1.807, 2.05) is 18.2 Å². The van der Waals surface area contributed by atoms with Gasteiger partial charge >= 0.3 is 0 Å². The van der Waals surface area contributed by atoms with Crippen molar-refractivity contribution in [3.63, 3.8) is 0 Å². The molecule has 1 saturated carbocycles. The van der Waals surface area contributed by atoms with Crippen LogP contribution in [-0.2, 0) is 4.79 Å². The summed E-state index contributed by atoms with van der Waals surface area (Å²) in [6.07, 6.45) is 7.38. The van der Waals surface area contributed by atoms with Gasteiger partial charge in [-0.15, -0.1) is 0 Å². The molecule has 5 rings (SSSR count). The molecule has 2 unspecified atom stereocenters. The van der Waals surface area contributed by atoms with E-state index in [4.69, 9.17) is 0 Å². The predicted molar refractivity (Wildman–Crippen MR) is 104 cm³/mol. The molecule has 0 radical (unpaired) electrons. The largest absolute Gasteiger partial charge is 0.356 e. The fraction of sp³-hybridized carbons (Fsp3) is 0.571. The molecule has 0 spiro atoms. The Kier molecular flexibility index (Phi) is 4.14. The van der Waals surface area contributed by atoms with E-state index in [0.29, 0.717) is 11.6 Å². The van der Waals surface area contributed by atoms with Crippen LogP contribution >= 0.6 is 0 Å². The van der Waals surface area contributed by atoms with Crippen molar-refractivity contribution < 1.29 is 4.79 Å². The number of amides is 1. The maximum Gasteiger partial charge on any atom is 0.259 e. The van der Waals surface area contributed by atoms with Gasteiger partial charge in [0, 0.05) is 44.4 Å². The lowest BCUT2D eigenvalue weighted by atomic mass is 9.95. The second kappa shape index (κ2) is 6.66. The van der Waals surface area contributed by atoms with Gasteiger partial charge in [-0.2, -0.15) is 0 Å². The number of piperidine rings is 1. The van der Waals surface area contributed by atoms with Crippen molar-refractivity contribution in [3.8, 4) is 0 Å². The smallest absolute Gasteiger partial charge is 0.259 e. The van der Waals surface area contributed by atoms with E-state index >= 15 is 0 Å². The molecule has 2 aromatic heterocycles. The number of carbonyl (C=O) groups is 1. The van der Waals surface area contributed by atoms with Crippen LogP contribution in [0, 0.1) is 17.8 Å². The number of pyridine rings is 1. The Labute approximate surface area is 158 Å². The molecule has 6 heteroatoms. The molecule has 142 valence electrons. The highest BCUT2D eigenvalue weighted by Crippen LogP contribution is 2.38. The van der Waals surface area contributed by atoms with E-state index in [0.717, 1.165) is 56.7 Å². The standard InChI is InChI=1S/C21H26N4O2/c26-20-12-19(22-18-6-1-2-9-25(18)20)23-10-7-15(8-11-23)21(27)24-13-16-4-3-5-17(16)14-24/h1-2,6,9,12,15-17H,3-5,7-8,10-11,13-14H2. The number of aromatic nitrogens is 2. The zero-order valence-corrected chi connectivity index (χ0v) is 15.6. The number of likely N-dealkylation sites (tertiary alicyclic amines) is 1. The Morgan fingerprint density at radius 2 is 1.78 bits per heavy atom. The van der Waals surface area contributed by atoms with Crippen LogP contribution in [-0.4, -0.2) is 46.4 Å². The summed E-state index contributed by atoms with van der Waals surface area (Å²) in [4.78, 5) is 34.2. The summed E-state index contributed by atoms with van der Waals surface area (Å²) in [7, 11) is 0. The van der Waals surface area contributed by atoms with Crippen LogP contribution in [0.1, 0.15) is 32.1 Å². The molecule has 0 N–H and O–H groups in total. The summed E-state index contributed by atoms with van der Waals surface area (Å²) < 4.78 is 1.56. The molecule has 4 heterocycles. The molecule has 3 fully saturated rings. The van der Waals surface area contributed by atoms with Gasteiger partial charge in [-0.1, -0.05) is 12.5 Å². The summed E-state index contributed by atoms with van der Waals surface area (Å²) >= 11 is 0. The van der Waals surface area contributed by atoms with Crippen LogP contribution in [0.3, 0.4) is 0 Å². The van der Waals surface area contributed by atoms with Crippen LogP contribution in [0.15, 0.2) is 35.3 Å². The summed E-state index contributed by atoms with van der Waals surface area (Å²) in [5, 5.41) is 0. The number of hydrogen-bond donors (Lipinski definition) is 0. The first-order valence-corrected chi connectivity index (χ1v) is 10.2. The van der Waals surface area contributed by atoms with Gasteiger partial charge in [0.25, 0.3) is 5.56 Å². The molecule has 2 saturated heterocycles. The molecule has 1 amide bonds. The Morgan fingerprint density at radius 3 is 2.52 bits per heavy atom. The number of carbonyl (C=O) groups excluding carboxylic acids is 1. The number of fused-ring (bicyclic) bond motifs is 2. The van der Waals surface area contributed by atoms with Crippen LogP contribution in [0.25, 0.3) is 5.65 Å². The zero-order chi connectivity index (χ0) is 18.4. The van der Waals surface area contributed by atoms with E-state index in [-0.39, 0.29) is 11.5 Å². The van der Waals surface area contributed by atoms with Crippen molar-refractivity contribution in [2.75, 3.05) is 31.1 Å². The molecule has 3 aliphatic rings. The normalized spacial score (nSPS) is 25.9. The monoisotopic (exact) mass is 366 g/mol. The molecule has 0 aromatic carbocycles. The van der Waals surface area contributed by atoms with E-state index < -0.39 is 0 Å². The van der Waals surface area contributed by atoms with E-state index in [2.05, 4.69) is 14.8 Å². The van der Waals surface area contributed by atoms with Crippen molar-refractivity contribution in [2.45, 2.75) is 32.1 Å². The van der Waals surface area contributed by atoms with Crippen LogP contribution in [0.4, 0.5) is 5.82 Å². The predicted octanol–water partition coefficient (Wildman–Crippen LogP) is 2.17. The molecule has 2 aromatic rings. The van der Waals surface area contributed by atoms with Gasteiger partial charge in [0.2, 0.25) is 5.91 Å². The van der Waals surface area contributed by atoms with E-state index in [9.17, 15) is 9.59 Å². The lowest BCUT2D eigenvalue weighted by Gasteiger charge is -2.34. The third-order valence-electron chi connectivity index (χ3n) is 6.76. The van der Waals surface area contributed by atoms with Crippen LogP contribution in [0.5, 0.6) is 0 Å². The van der Waals surface area contributed by atoms with Crippen molar-refractivity contribution in [3.05, 3.63) is 40.8 Å². The number of nitrogens with zero attached hydrogens (tertiary/aromatic N) is 4.